The summed E-state index contributed by atoms with van der Waals surface area (Å²) in [6, 6.07) is 16.5. The van der Waals surface area contributed by atoms with E-state index in [1.54, 1.807) is 0 Å². The summed E-state index contributed by atoms with van der Waals surface area (Å²) >= 11 is 3.43. The lowest BCUT2D eigenvalue weighted by Crippen LogP contribution is -2.20. The minimum absolute atomic E-state index is 0.326. The van der Waals surface area contributed by atoms with Crippen LogP contribution in [0.2, 0.25) is 0 Å². The molecule has 0 fully saturated rings. The van der Waals surface area contributed by atoms with Crippen LogP contribution in [-0.2, 0) is 0 Å². The quantitative estimate of drug-likeness (QED) is 0.774. The van der Waals surface area contributed by atoms with Gasteiger partial charge in [0.25, 0.3) is 0 Å². The molecule has 0 aliphatic carbocycles. The number of hydrogen-bond acceptors (Lipinski definition) is 2. The van der Waals surface area contributed by atoms with Crippen molar-refractivity contribution in [3.8, 4) is 11.5 Å². The molecule has 0 aliphatic rings. The summed E-state index contributed by atoms with van der Waals surface area (Å²) < 4.78 is 7.09. The first-order chi connectivity index (χ1) is 9.74. The Kier molecular flexibility index (Phi) is 5.62. The van der Waals surface area contributed by atoms with E-state index in [4.69, 9.17) is 4.74 Å². The van der Waals surface area contributed by atoms with Gasteiger partial charge in [-0.1, -0.05) is 48.0 Å². The van der Waals surface area contributed by atoms with Crippen molar-refractivity contribution in [1.29, 1.82) is 0 Å². The third-order valence-electron chi connectivity index (χ3n) is 3.19. The van der Waals surface area contributed by atoms with E-state index in [0.717, 1.165) is 28.9 Å². The average Bonchev–Trinajstić information content (AvgIpc) is 2.48. The van der Waals surface area contributed by atoms with Crippen molar-refractivity contribution >= 4 is 15.9 Å². The molecule has 0 amide bonds. The van der Waals surface area contributed by atoms with Crippen LogP contribution in [0, 0.1) is 0 Å². The molecule has 0 bridgehead atoms. The Hall–Kier alpha value is -1.32. The first kappa shape index (κ1) is 15.1. The van der Waals surface area contributed by atoms with Crippen LogP contribution in [0.15, 0.2) is 53.0 Å². The predicted octanol–water partition coefficient (Wildman–Crippen LogP) is 5.30. The lowest BCUT2D eigenvalue weighted by Gasteiger charge is -2.20. The number of rotatable bonds is 6. The zero-order chi connectivity index (χ0) is 14.4. The van der Waals surface area contributed by atoms with E-state index in [9.17, 15) is 0 Å². The van der Waals surface area contributed by atoms with Gasteiger partial charge in [-0.25, -0.2) is 0 Å². The highest BCUT2D eigenvalue weighted by molar-refractivity contribution is 9.10. The van der Waals surface area contributed by atoms with Gasteiger partial charge in [0, 0.05) is 16.1 Å². The molecule has 0 saturated heterocycles. The molecule has 0 spiro atoms. The van der Waals surface area contributed by atoms with E-state index < -0.39 is 0 Å². The molecule has 0 aliphatic heterocycles. The van der Waals surface area contributed by atoms with E-state index in [0.29, 0.717) is 6.04 Å². The minimum atomic E-state index is 0.326. The maximum atomic E-state index is 6.03. The molecule has 106 valence electrons. The fourth-order valence-corrected chi connectivity index (χ4v) is 2.48. The van der Waals surface area contributed by atoms with Gasteiger partial charge in [-0.15, -0.1) is 0 Å². The molecule has 2 aromatic carbocycles. The van der Waals surface area contributed by atoms with Crippen LogP contribution in [0.3, 0.4) is 0 Å². The number of halogens is 1. The molecule has 0 radical (unpaired) electrons. The van der Waals surface area contributed by atoms with Gasteiger partial charge in [-0.2, -0.15) is 0 Å². The lowest BCUT2D eigenvalue weighted by molar-refractivity contribution is 0.453. The Morgan fingerprint density at radius 3 is 2.40 bits per heavy atom. The van der Waals surface area contributed by atoms with Crippen molar-refractivity contribution in [1.82, 2.24) is 5.32 Å². The van der Waals surface area contributed by atoms with E-state index in [2.05, 4.69) is 47.2 Å². The molecule has 2 nitrogen and oxygen atoms in total. The normalized spacial score (nSPS) is 12.2. The highest BCUT2D eigenvalue weighted by Gasteiger charge is 2.13. The van der Waals surface area contributed by atoms with Crippen molar-refractivity contribution in [3.05, 3.63) is 58.6 Å². The van der Waals surface area contributed by atoms with Crippen molar-refractivity contribution in [2.75, 3.05) is 6.54 Å². The predicted molar refractivity (Wildman–Crippen MR) is 87.4 cm³/mol. The van der Waals surface area contributed by atoms with E-state index in [1.807, 2.05) is 36.4 Å². The van der Waals surface area contributed by atoms with Gasteiger partial charge in [0.1, 0.15) is 11.5 Å². The third-order valence-corrected chi connectivity index (χ3v) is 3.72. The fourth-order valence-electron chi connectivity index (χ4n) is 2.21. The van der Waals surface area contributed by atoms with Crippen LogP contribution in [0.1, 0.15) is 31.9 Å². The molecule has 0 heterocycles. The van der Waals surface area contributed by atoms with Crippen LogP contribution in [0.25, 0.3) is 0 Å². The van der Waals surface area contributed by atoms with Crippen LogP contribution < -0.4 is 10.1 Å². The van der Waals surface area contributed by atoms with Gasteiger partial charge in [-0.05, 0) is 43.3 Å². The van der Waals surface area contributed by atoms with Crippen LogP contribution in [0.5, 0.6) is 11.5 Å². The molecule has 2 rings (SSSR count). The molecule has 1 atom stereocenters. The maximum Gasteiger partial charge on any atom is 0.132 e. The van der Waals surface area contributed by atoms with Crippen molar-refractivity contribution in [2.45, 2.75) is 26.3 Å². The largest absolute Gasteiger partial charge is 0.457 e. The second kappa shape index (κ2) is 7.46. The number of benzene rings is 2. The Bertz CT molecular complexity index is 539. The molecule has 2 aromatic rings. The Morgan fingerprint density at radius 2 is 1.75 bits per heavy atom. The smallest absolute Gasteiger partial charge is 0.132 e. The van der Waals surface area contributed by atoms with E-state index in [-0.39, 0.29) is 0 Å². The summed E-state index contributed by atoms with van der Waals surface area (Å²) in [5.74, 6) is 1.77. The molecule has 3 heteroatoms. The summed E-state index contributed by atoms with van der Waals surface area (Å²) in [4.78, 5) is 0. The Labute approximate surface area is 129 Å². The first-order valence-corrected chi connectivity index (χ1v) is 7.79. The lowest BCUT2D eigenvalue weighted by atomic mass is 10.0. The highest BCUT2D eigenvalue weighted by Crippen LogP contribution is 2.31. The second-order valence-electron chi connectivity index (χ2n) is 4.61. The third kappa shape index (κ3) is 3.84. The molecule has 1 N–H and O–H groups in total. The summed E-state index contributed by atoms with van der Waals surface area (Å²) in [6.07, 6.45) is 1.04. The van der Waals surface area contributed by atoms with Gasteiger partial charge in [0.05, 0.1) is 0 Å². The van der Waals surface area contributed by atoms with Crippen LogP contribution in [0.4, 0.5) is 0 Å². The van der Waals surface area contributed by atoms with Gasteiger partial charge in [0.15, 0.2) is 0 Å². The standard InChI is InChI=1S/C17H20BrNO/c1-3-16(19-4-2)15-7-5-6-8-17(15)20-14-11-9-13(18)10-12-14/h5-12,16,19H,3-4H2,1-2H3. The number of ether oxygens (including phenoxy) is 1. The number of nitrogens with one attached hydrogen (secondary N) is 1. The molecular formula is C17H20BrNO. The molecule has 0 aromatic heterocycles. The summed E-state index contributed by atoms with van der Waals surface area (Å²) in [7, 11) is 0. The number of para-hydroxylation sites is 1. The SMILES string of the molecule is CCNC(CC)c1ccccc1Oc1ccc(Br)cc1. The fraction of sp³-hybridized carbons (Fsp3) is 0.294. The molecule has 1 unspecified atom stereocenters. The van der Waals surface area contributed by atoms with Crippen LogP contribution in [-0.4, -0.2) is 6.54 Å². The van der Waals surface area contributed by atoms with Gasteiger partial charge >= 0.3 is 0 Å². The maximum absolute atomic E-state index is 6.03. The molecule has 20 heavy (non-hydrogen) atoms. The average molecular weight is 334 g/mol. The number of hydrogen-bond donors (Lipinski definition) is 1. The summed E-state index contributed by atoms with van der Waals surface area (Å²) in [5, 5.41) is 3.50. The van der Waals surface area contributed by atoms with Crippen molar-refractivity contribution in [3.63, 3.8) is 0 Å². The van der Waals surface area contributed by atoms with Gasteiger partial charge < -0.3 is 10.1 Å². The summed E-state index contributed by atoms with van der Waals surface area (Å²) in [6.45, 7) is 5.26. The van der Waals surface area contributed by atoms with E-state index >= 15 is 0 Å². The topological polar surface area (TPSA) is 21.3 Å². The van der Waals surface area contributed by atoms with Gasteiger partial charge in [-0.3, -0.25) is 0 Å². The second-order valence-corrected chi connectivity index (χ2v) is 5.53. The molecule has 0 saturated carbocycles. The van der Waals surface area contributed by atoms with Crippen molar-refractivity contribution < 1.29 is 4.74 Å². The zero-order valence-corrected chi connectivity index (χ0v) is 13.5. The monoisotopic (exact) mass is 333 g/mol. The minimum Gasteiger partial charge on any atom is -0.457 e. The van der Waals surface area contributed by atoms with Crippen molar-refractivity contribution in [2.24, 2.45) is 0 Å². The van der Waals surface area contributed by atoms with E-state index in [1.165, 1.54) is 5.56 Å². The Morgan fingerprint density at radius 1 is 1.05 bits per heavy atom. The van der Waals surface area contributed by atoms with Crippen LogP contribution >= 0.6 is 15.9 Å². The Balaban J connectivity index is 2.25. The van der Waals surface area contributed by atoms with Gasteiger partial charge in [0.2, 0.25) is 0 Å². The molecular weight excluding hydrogens is 314 g/mol. The first-order valence-electron chi connectivity index (χ1n) is 7.00. The summed E-state index contributed by atoms with van der Waals surface area (Å²) in [5.41, 5.74) is 1.21. The zero-order valence-electron chi connectivity index (χ0n) is 11.9. The highest BCUT2D eigenvalue weighted by atomic mass is 79.9.